The van der Waals surface area contributed by atoms with Crippen LogP contribution in [0.2, 0.25) is 0 Å². The van der Waals surface area contributed by atoms with Crippen molar-refractivity contribution in [2.75, 3.05) is 12.8 Å². The molecule has 0 radical (unpaired) electrons. The Morgan fingerprint density at radius 3 is 2.38 bits per heavy atom. The van der Waals surface area contributed by atoms with Crippen LogP contribution in [0.25, 0.3) is 11.0 Å². The summed E-state index contributed by atoms with van der Waals surface area (Å²) in [5.41, 5.74) is 1.85. The molecule has 21 heavy (non-hydrogen) atoms. The Labute approximate surface area is 131 Å². The molecule has 0 aliphatic carbocycles. The summed E-state index contributed by atoms with van der Waals surface area (Å²) < 4.78 is 24.5. The zero-order chi connectivity index (χ0) is 15.8. The number of aromatic amines is 2. The van der Waals surface area contributed by atoms with E-state index in [0.717, 1.165) is 10.0 Å². The summed E-state index contributed by atoms with van der Waals surface area (Å²) in [5.74, 6) is 0. The van der Waals surface area contributed by atoms with Crippen molar-refractivity contribution in [3.05, 3.63) is 32.7 Å². The molecular weight excluding hydrogens is 358 g/mol. The van der Waals surface area contributed by atoms with Gasteiger partial charge in [-0.05, 0) is 31.2 Å². The lowest BCUT2D eigenvalue weighted by Crippen LogP contribution is -2.35. The summed E-state index contributed by atoms with van der Waals surface area (Å²) in [5, 5.41) is 2.62. The summed E-state index contributed by atoms with van der Waals surface area (Å²) >= 11 is 3.46. The topological polar surface area (TPSA) is 94.8 Å². The van der Waals surface area contributed by atoms with Gasteiger partial charge in [-0.2, -0.15) is 0 Å². The number of sulfone groups is 1. The molecule has 0 saturated carbocycles. The van der Waals surface area contributed by atoms with Gasteiger partial charge in [-0.15, -0.1) is 0 Å². The average Bonchev–Trinajstić information content (AvgIpc) is 2.72. The Hall–Kier alpha value is -1.12. The molecule has 0 aliphatic rings. The predicted octanol–water partition coefficient (Wildman–Crippen LogP) is 1.70. The molecule has 116 valence electrons. The molecule has 0 spiro atoms. The number of nitrogens with one attached hydrogen (secondary N) is 3. The highest BCUT2D eigenvalue weighted by Crippen LogP contribution is 2.31. The second-order valence-electron chi connectivity index (χ2n) is 5.07. The lowest BCUT2D eigenvalue weighted by atomic mass is 10.0. The molecule has 8 heteroatoms. The summed E-state index contributed by atoms with van der Waals surface area (Å²) in [6, 6.07) is 3.22. The van der Waals surface area contributed by atoms with E-state index in [4.69, 9.17) is 0 Å². The van der Waals surface area contributed by atoms with Gasteiger partial charge >= 0.3 is 5.69 Å². The highest BCUT2D eigenvalue weighted by molar-refractivity contribution is 9.10. The zero-order valence-electron chi connectivity index (χ0n) is 12.0. The quantitative estimate of drug-likeness (QED) is 0.740. The van der Waals surface area contributed by atoms with Crippen LogP contribution in [-0.2, 0) is 9.84 Å². The van der Waals surface area contributed by atoms with Crippen LogP contribution >= 0.6 is 15.9 Å². The van der Waals surface area contributed by atoms with Crippen molar-refractivity contribution >= 4 is 36.8 Å². The Balaban J connectivity index is 2.58. The molecule has 2 rings (SSSR count). The van der Waals surface area contributed by atoms with Crippen LogP contribution in [0.4, 0.5) is 0 Å². The van der Waals surface area contributed by atoms with E-state index in [1.165, 1.54) is 6.26 Å². The molecule has 0 fully saturated rings. The van der Waals surface area contributed by atoms with Crippen molar-refractivity contribution in [2.45, 2.75) is 25.1 Å². The maximum Gasteiger partial charge on any atom is 0.323 e. The minimum Gasteiger partial charge on any atom is -0.309 e. The van der Waals surface area contributed by atoms with Crippen LogP contribution in [0.1, 0.15) is 25.5 Å². The summed E-state index contributed by atoms with van der Waals surface area (Å²) in [7, 11) is -3.20. The SMILES string of the molecule is CCNC(c1cc2[nH]c(=O)[nH]c2cc1Br)C(C)S(C)(=O)=O. The van der Waals surface area contributed by atoms with Crippen molar-refractivity contribution in [3.8, 4) is 0 Å². The first-order valence-electron chi connectivity index (χ1n) is 6.57. The van der Waals surface area contributed by atoms with E-state index >= 15 is 0 Å². The van der Waals surface area contributed by atoms with E-state index in [2.05, 4.69) is 31.2 Å². The maximum absolute atomic E-state index is 11.9. The number of H-pyrrole nitrogens is 2. The van der Waals surface area contributed by atoms with Crippen LogP contribution in [0, 0.1) is 0 Å². The molecule has 0 bridgehead atoms. The van der Waals surface area contributed by atoms with Gasteiger partial charge < -0.3 is 15.3 Å². The van der Waals surface area contributed by atoms with Gasteiger partial charge in [0.25, 0.3) is 0 Å². The van der Waals surface area contributed by atoms with Crippen molar-refractivity contribution in [3.63, 3.8) is 0 Å². The number of rotatable bonds is 5. The Kier molecular flexibility index (Phi) is 4.60. The van der Waals surface area contributed by atoms with Gasteiger partial charge in [-0.1, -0.05) is 22.9 Å². The van der Waals surface area contributed by atoms with Gasteiger partial charge in [-0.3, -0.25) is 0 Å². The molecule has 0 amide bonds. The molecule has 1 heterocycles. The van der Waals surface area contributed by atoms with Crippen molar-refractivity contribution < 1.29 is 8.42 Å². The Bertz CT molecular complexity index is 810. The normalized spacial score (nSPS) is 15.2. The standard InChI is InChI=1S/C13H18BrN3O3S/c1-4-15-12(7(2)21(3,19)20)8-5-10-11(6-9(8)14)17-13(18)16-10/h5-7,12,15H,4H2,1-3H3,(H2,16,17,18). The first-order chi connectivity index (χ1) is 9.74. The molecule has 1 aromatic carbocycles. The van der Waals surface area contributed by atoms with Gasteiger partial charge in [0.05, 0.1) is 16.3 Å². The van der Waals surface area contributed by atoms with Crippen molar-refractivity contribution in [1.82, 2.24) is 15.3 Å². The van der Waals surface area contributed by atoms with Gasteiger partial charge in [0.2, 0.25) is 0 Å². The molecule has 0 aliphatic heterocycles. The Morgan fingerprint density at radius 1 is 1.29 bits per heavy atom. The van der Waals surface area contributed by atoms with Crippen LogP contribution in [-0.4, -0.2) is 36.4 Å². The number of hydrogen-bond acceptors (Lipinski definition) is 4. The number of imidazole rings is 1. The Morgan fingerprint density at radius 2 is 1.86 bits per heavy atom. The fourth-order valence-electron chi connectivity index (χ4n) is 2.31. The van der Waals surface area contributed by atoms with Gasteiger partial charge in [0.1, 0.15) is 0 Å². The molecule has 2 atom stereocenters. The lowest BCUT2D eigenvalue weighted by Gasteiger charge is -2.25. The number of benzene rings is 1. The third kappa shape index (κ3) is 3.38. The minimum atomic E-state index is -3.20. The van der Waals surface area contributed by atoms with Crippen LogP contribution in [0.3, 0.4) is 0 Å². The van der Waals surface area contributed by atoms with E-state index in [1.54, 1.807) is 19.1 Å². The van der Waals surface area contributed by atoms with E-state index < -0.39 is 15.1 Å². The van der Waals surface area contributed by atoms with E-state index in [9.17, 15) is 13.2 Å². The van der Waals surface area contributed by atoms with Crippen LogP contribution in [0.15, 0.2) is 21.4 Å². The van der Waals surface area contributed by atoms with Gasteiger partial charge in [0.15, 0.2) is 9.84 Å². The second kappa shape index (κ2) is 5.94. The first kappa shape index (κ1) is 16.3. The molecule has 3 N–H and O–H groups in total. The largest absolute Gasteiger partial charge is 0.323 e. The fourth-order valence-corrected chi connectivity index (χ4v) is 3.63. The number of hydrogen-bond donors (Lipinski definition) is 3. The summed E-state index contributed by atoms with van der Waals surface area (Å²) in [6.07, 6.45) is 1.23. The smallest absolute Gasteiger partial charge is 0.309 e. The van der Waals surface area contributed by atoms with Crippen molar-refractivity contribution in [1.29, 1.82) is 0 Å². The van der Waals surface area contributed by atoms with Gasteiger partial charge in [-0.25, -0.2) is 13.2 Å². The fraction of sp³-hybridized carbons (Fsp3) is 0.462. The first-order valence-corrected chi connectivity index (χ1v) is 9.32. The second-order valence-corrected chi connectivity index (χ2v) is 8.33. The predicted molar refractivity (Wildman–Crippen MR) is 87.3 cm³/mol. The third-order valence-corrected chi connectivity index (χ3v) is 5.85. The zero-order valence-corrected chi connectivity index (χ0v) is 14.4. The highest BCUT2D eigenvalue weighted by Gasteiger charge is 2.28. The molecule has 2 aromatic rings. The molecule has 2 unspecified atom stereocenters. The maximum atomic E-state index is 11.9. The van der Waals surface area contributed by atoms with E-state index in [1.807, 2.05) is 6.92 Å². The summed E-state index contributed by atoms with van der Waals surface area (Å²) in [4.78, 5) is 16.7. The van der Waals surface area contributed by atoms with Crippen molar-refractivity contribution in [2.24, 2.45) is 0 Å². The summed E-state index contributed by atoms with van der Waals surface area (Å²) in [6.45, 7) is 4.24. The molecule has 1 aromatic heterocycles. The minimum absolute atomic E-state index is 0.287. The van der Waals surface area contributed by atoms with Crippen LogP contribution < -0.4 is 11.0 Å². The highest BCUT2D eigenvalue weighted by atomic mass is 79.9. The van der Waals surface area contributed by atoms with Gasteiger partial charge in [0, 0.05) is 16.8 Å². The van der Waals surface area contributed by atoms with Crippen LogP contribution in [0.5, 0.6) is 0 Å². The monoisotopic (exact) mass is 375 g/mol. The lowest BCUT2D eigenvalue weighted by molar-refractivity contribution is 0.512. The molecular formula is C13H18BrN3O3S. The van der Waals surface area contributed by atoms with E-state index in [0.29, 0.717) is 17.6 Å². The molecule has 0 saturated heterocycles. The molecule has 6 nitrogen and oxygen atoms in total. The number of aromatic nitrogens is 2. The third-order valence-electron chi connectivity index (χ3n) is 3.54. The number of halogens is 1. The average molecular weight is 376 g/mol. The number of fused-ring (bicyclic) bond motifs is 1. The van der Waals surface area contributed by atoms with E-state index in [-0.39, 0.29) is 11.7 Å².